The molecule has 1 atom stereocenters. The molecule has 3 N–H and O–H groups in total. The molecule has 118 valence electrons. The maximum absolute atomic E-state index is 11.7. The molecular formula is C15H31N3O2. The monoisotopic (exact) mass is 285 g/mol. The third-order valence-corrected chi connectivity index (χ3v) is 4.17. The highest BCUT2D eigenvalue weighted by molar-refractivity contribution is 5.74. The molecular weight excluding hydrogens is 254 g/mol. The van der Waals surface area contributed by atoms with E-state index >= 15 is 0 Å². The average Bonchev–Trinajstić information content (AvgIpc) is 2.45. The normalized spacial score (nSPS) is 18.8. The fourth-order valence-electron chi connectivity index (χ4n) is 2.73. The van der Waals surface area contributed by atoms with Crippen LogP contribution < -0.4 is 10.6 Å². The number of amides is 2. The van der Waals surface area contributed by atoms with Gasteiger partial charge in [-0.05, 0) is 64.6 Å². The third kappa shape index (κ3) is 7.10. The number of hydrogen-bond donors (Lipinski definition) is 3. The van der Waals surface area contributed by atoms with E-state index in [9.17, 15) is 4.79 Å². The lowest BCUT2D eigenvalue weighted by Crippen LogP contribution is -2.42. The van der Waals surface area contributed by atoms with Crippen molar-refractivity contribution < 1.29 is 9.90 Å². The molecule has 1 rings (SSSR count). The van der Waals surface area contributed by atoms with Gasteiger partial charge in [-0.1, -0.05) is 6.92 Å². The Hall–Kier alpha value is -0.810. The summed E-state index contributed by atoms with van der Waals surface area (Å²) in [6.07, 6.45) is 5.14. The Morgan fingerprint density at radius 3 is 2.70 bits per heavy atom. The Morgan fingerprint density at radius 1 is 1.40 bits per heavy atom. The minimum absolute atomic E-state index is 0.0820. The molecule has 5 heteroatoms. The van der Waals surface area contributed by atoms with E-state index in [1.807, 2.05) is 6.92 Å². The first-order valence-electron chi connectivity index (χ1n) is 8.03. The number of rotatable bonds is 8. The zero-order valence-corrected chi connectivity index (χ0v) is 13.0. The van der Waals surface area contributed by atoms with Gasteiger partial charge in [-0.2, -0.15) is 0 Å². The highest BCUT2D eigenvalue weighted by Gasteiger charge is 2.17. The Morgan fingerprint density at radius 2 is 2.10 bits per heavy atom. The number of aliphatic hydroxyl groups excluding tert-OH is 1. The van der Waals surface area contributed by atoms with E-state index in [2.05, 4.69) is 22.5 Å². The van der Waals surface area contributed by atoms with E-state index in [0.717, 1.165) is 38.3 Å². The molecule has 0 bridgehead atoms. The molecule has 1 unspecified atom stereocenters. The van der Waals surface area contributed by atoms with Crippen molar-refractivity contribution >= 4 is 6.03 Å². The SMILES string of the molecule is CCN1CCC(CCNC(=O)NC(C)CCCO)CC1. The van der Waals surface area contributed by atoms with Crippen LogP contribution in [0.4, 0.5) is 4.79 Å². The lowest BCUT2D eigenvalue weighted by atomic mass is 9.93. The molecule has 1 heterocycles. The van der Waals surface area contributed by atoms with Gasteiger partial charge in [0.25, 0.3) is 0 Å². The van der Waals surface area contributed by atoms with Gasteiger partial charge in [0.15, 0.2) is 0 Å². The van der Waals surface area contributed by atoms with Crippen molar-refractivity contribution in [1.29, 1.82) is 0 Å². The Balaban J connectivity index is 2.04. The average molecular weight is 285 g/mol. The first kappa shape index (κ1) is 17.2. The van der Waals surface area contributed by atoms with E-state index in [1.165, 1.54) is 25.9 Å². The molecule has 1 saturated heterocycles. The van der Waals surface area contributed by atoms with Gasteiger partial charge in [-0.15, -0.1) is 0 Å². The van der Waals surface area contributed by atoms with Crippen molar-refractivity contribution in [3.05, 3.63) is 0 Å². The van der Waals surface area contributed by atoms with Crippen LogP contribution in [-0.2, 0) is 0 Å². The number of aliphatic hydroxyl groups is 1. The summed E-state index contributed by atoms with van der Waals surface area (Å²) in [5.74, 6) is 0.755. The lowest BCUT2D eigenvalue weighted by Gasteiger charge is -2.31. The summed E-state index contributed by atoms with van der Waals surface area (Å²) in [5.41, 5.74) is 0. The molecule has 1 fully saturated rings. The number of likely N-dealkylation sites (tertiary alicyclic amines) is 1. The molecule has 0 aliphatic carbocycles. The summed E-state index contributed by atoms with van der Waals surface area (Å²) in [7, 11) is 0. The predicted molar refractivity (Wildman–Crippen MR) is 81.8 cm³/mol. The van der Waals surface area contributed by atoms with Crippen LogP contribution >= 0.6 is 0 Å². The van der Waals surface area contributed by atoms with Gasteiger partial charge in [0.05, 0.1) is 0 Å². The van der Waals surface area contributed by atoms with Gasteiger partial charge in [0.1, 0.15) is 0 Å². The number of nitrogens with one attached hydrogen (secondary N) is 2. The van der Waals surface area contributed by atoms with Crippen LogP contribution in [0.2, 0.25) is 0 Å². The zero-order valence-electron chi connectivity index (χ0n) is 13.0. The van der Waals surface area contributed by atoms with E-state index in [1.54, 1.807) is 0 Å². The van der Waals surface area contributed by atoms with E-state index in [-0.39, 0.29) is 18.7 Å². The summed E-state index contributed by atoms with van der Waals surface area (Å²) >= 11 is 0. The van der Waals surface area contributed by atoms with Gasteiger partial charge in [-0.3, -0.25) is 0 Å². The summed E-state index contributed by atoms with van der Waals surface area (Å²) < 4.78 is 0. The summed E-state index contributed by atoms with van der Waals surface area (Å²) in [4.78, 5) is 14.1. The maximum atomic E-state index is 11.7. The highest BCUT2D eigenvalue weighted by Crippen LogP contribution is 2.19. The van der Waals surface area contributed by atoms with Gasteiger partial charge in [-0.25, -0.2) is 4.79 Å². The smallest absolute Gasteiger partial charge is 0.314 e. The van der Waals surface area contributed by atoms with Crippen LogP contribution in [-0.4, -0.2) is 54.9 Å². The van der Waals surface area contributed by atoms with Gasteiger partial charge in [0, 0.05) is 19.2 Å². The van der Waals surface area contributed by atoms with Crippen molar-refractivity contribution in [1.82, 2.24) is 15.5 Å². The molecule has 0 aromatic heterocycles. The van der Waals surface area contributed by atoms with Crippen molar-refractivity contribution in [2.24, 2.45) is 5.92 Å². The maximum Gasteiger partial charge on any atom is 0.314 e. The largest absolute Gasteiger partial charge is 0.396 e. The Labute approximate surface area is 123 Å². The second kappa shape index (κ2) is 10.00. The van der Waals surface area contributed by atoms with E-state index in [0.29, 0.717) is 0 Å². The van der Waals surface area contributed by atoms with Crippen molar-refractivity contribution in [2.45, 2.75) is 52.0 Å². The van der Waals surface area contributed by atoms with Gasteiger partial charge >= 0.3 is 6.03 Å². The fraction of sp³-hybridized carbons (Fsp3) is 0.933. The molecule has 0 aromatic carbocycles. The van der Waals surface area contributed by atoms with E-state index < -0.39 is 0 Å². The van der Waals surface area contributed by atoms with Crippen LogP contribution in [0.3, 0.4) is 0 Å². The van der Waals surface area contributed by atoms with Crippen molar-refractivity contribution in [2.75, 3.05) is 32.8 Å². The zero-order chi connectivity index (χ0) is 14.8. The summed E-state index contributed by atoms with van der Waals surface area (Å²) in [6, 6.07) is 0.0383. The van der Waals surface area contributed by atoms with Crippen LogP contribution in [0.15, 0.2) is 0 Å². The fourth-order valence-corrected chi connectivity index (χ4v) is 2.73. The molecule has 1 aliphatic rings. The summed E-state index contributed by atoms with van der Waals surface area (Å²) in [6.45, 7) is 8.68. The Bertz CT molecular complexity index is 266. The highest BCUT2D eigenvalue weighted by atomic mass is 16.3. The molecule has 0 radical (unpaired) electrons. The number of hydrogen-bond acceptors (Lipinski definition) is 3. The van der Waals surface area contributed by atoms with Crippen LogP contribution in [0.25, 0.3) is 0 Å². The number of piperidine rings is 1. The van der Waals surface area contributed by atoms with Crippen LogP contribution in [0.5, 0.6) is 0 Å². The second-order valence-electron chi connectivity index (χ2n) is 5.83. The van der Waals surface area contributed by atoms with Gasteiger partial charge in [0.2, 0.25) is 0 Å². The topological polar surface area (TPSA) is 64.6 Å². The molecule has 0 aromatic rings. The number of urea groups is 1. The molecule has 5 nitrogen and oxygen atoms in total. The van der Waals surface area contributed by atoms with Crippen LogP contribution in [0.1, 0.15) is 46.0 Å². The molecule has 2 amide bonds. The standard InChI is InChI=1S/C15H31N3O2/c1-3-18-10-7-14(8-11-18)6-9-16-15(20)17-13(2)5-4-12-19/h13-14,19H,3-12H2,1-2H3,(H2,16,17,20). The first-order valence-corrected chi connectivity index (χ1v) is 8.03. The van der Waals surface area contributed by atoms with Gasteiger partial charge < -0.3 is 20.6 Å². The number of carbonyl (C=O) groups excluding carboxylic acids is 1. The second-order valence-corrected chi connectivity index (χ2v) is 5.83. The molecule has 1 aliphatic heterocycles. The number of nitrogens with zero attached hydrogens (tertiary/aromatic N) is 1. The Kier molecular flexibility index (Phi) is 8.62. The minimum atomic E-state index is -0.0820. The number of carbonyl (C=O) groups is 1. The lowest BCUT2D eigenvalue weighted by molar-refractivity contribution is 0.186. The minimum Gasteiger partial charge on any atom is -0.396 e. The van der Waals surface area contributed by atoms with Crippen molar-refractivity contribution in [3.8, 4) is 0 Å². The molecule has 0 spiro atoms. The van der Waals surface area contributed by atoms with E-state index in [4.69, 9.17) is 5.11 Å². The first-order chi connectivity index (χ1) is 9.65. The summed E-state index contributed by atoms with van der Waals surface area (Å²) in [5, 5.41) is 14.6. The third-order valence-electron chi connectivity index (χ3n) is 4.17. The molecule has 0 saturated carbocycles. The molecule has 20 heavy (non-hydrogen) atoms. The van der Waals surface area contributed by atoms with Crippen LogP contribution in [0, 0.1) is 5.92 Å². The quantitative estimate of drug-likeness (QED) is 0.634. The van der Waals surface area contributed by atoms with Crippen molar-refractivity contribution in [3.63, 3.8) is 0 Å². The predicted octanol–water partition coefficient (Wildman–Crippen LogP) is 1.57.